The van der Waals surface area contributed by atoms with Gasteiger partial charge in [0.1, 0.15) is 11.6 Å². The van der Waals surface area contributed by atoms with Crippen LogP contribution < -0.4 is 10.6 Å². The van der Waals surface area contributed by atoms with Crippen molar-refractivity contribution in [2.45, 2.75) is 18.9 Å². The standard InChI is InChI=1S/C19H19F2N3O2/c20-14-7-5-13(6-8-14)18(25)22-15-9-11-24(12-10-15)19(26)23-17-4-2-1-3-16(17)21/h1-8,15H,9-12H2,(H,22,25)(H,23,26). The van der Waals surface area contributed by atoms with Crippen LogP contribution in [0.2, 0.25) is 0 Å². The molecule has 0 atom stereocenters. The first-order valence-electron chi connectivity index (χ1n) is 8.40. The molecule has 0 bridgehead atoms. The first-order chi connectivity index (χ1) is 12.5. The second kappa shape index (κ2) is 7.95. The lowest BCUT2D eigenvalue weighted by molar-refractivity contribution is 0.0919. The maximum Gasteiger partial charge on any atom is 0.321 e. The van der Waals surface area contributed by atoms with Gasteiger partial charge in [0, 0.05) is 24.7 Å². The Balaban J connectivity index is 1.49. The van der Waals surface area contributed by atoms with Crippen molar-refractivity contribution in [1.82, 2.24) is 10.2 Å². The highest BCUT2D eigenvalue weighted by molar-refractivity contribution is 5.94. The summed E-state index contributed by atoms with van der Waals surface area (Å²) in [6.07, 6.45) is 1.19. The van der Waals surface area contributed by atoms with E-state index in [0.29, 0.717) is 31.5 Å². The molecule has 0 spiro atoms. The van der Waals surface area contributed by atoms with Crippen molar-refractivity contribution in [3.8, 4) is 0 Å². The average molecular weight is 359 g/mol. The molecule has 26 heavy (non-hydrogen) atoms. The number of amides is 3. The monoisotopic (exact) mass is 359 g/mol. The highest BCUT2D eigenvalue weighted by Gasteiger charge is 2.24. The number of para-hydroxylation sites is 1. The number of urea groups is 1. The van der Waals surface area contributed by atoms with Gasteiger partial charge >= 0.3 is 6.03 Å². The Morgan fingerprint density at radius 1 is 0.962 bits per heavy atom. The number of nitrogens with one attached hydrogen (secondary N) is 2. The smallest absolute Gasteiger partial charge is 0.321 e. The molecule has 3 rings (SSSR count). The van der Waals surface area contributed by atoms with Gasteiger partial charge in [-0.15, -0.1) is 0 Å². The van der Waals surface area contributed by atoms with Crippen LogP contribution in [0.3, 0.4) is 0 Å². The third kappa shape index (κ3) is 4.36. The second-order valence-corrected chi connectivity index (χ2v) is 6.15. The SMILES string of the molecule is O=C(NC1CCN(C(=O)Nc2ccccc2F)CC1)c1ccc(F)cc1. The zero-order chi connectivity index (χ0) is 18.5. The van der Waals surface area contributed by atoms with Crippen molar-refractivity contribution in [3.63, 3.8) is 0 Å². The Bertz CT molecular complexity index is 788. The Morgan fingerprint density at radius 3 is 2.27 bits per heavy atom. The van der Waals surface area contributed by atoms with Crippen LogP contribution >= 0.6 is 0 Å². The fourth-order valence-corrected chi connectivity index (χ4v) is 2.85. The molecule has 3 amide bonds. The van der Waals surface area contributed by atoms with Crippen LogP contribution in [0.25, 0.3) is 0 Å². The van der Waals surface area contributed by atoms with E-state index >= 15 is 0 Å². The molecule has 136 valence electrons. The minimum absolute atomic E-state index is 0.0648. The molecular weight excluding hydrogens is 340 g/mol. The lowest BCUT2D eigenvalue weighted by atomic mass is 10.0. The van der Waals surface area contributed by atoms with Crippen molar-refractivity contribution in [2.75, 3.05) is 18.4 Å². The fourth-order valence-electron chi connectivity index (χ4n) is 2.85. The zero-order valence-corrected chi connectivity index (χ0v) is 14.0. The van der Waals surface area contributed by atoms with Crippen LogP contribution in [0.5, 0.6) is 0 Å². The number of piperidine rings is 1. The number of halogens is 2. The van der Waals surface area contributed by atoms with Gasteiger partial charge in [0.2, 0.25) is 0 Å². The number of carbonyl (C=O) groups is 2. The molecule has 0 aromatic heterocycles. The zero-order valence-electron chi connectivity index (χ0n) is 14.0. The van der Waals surface area contributed by atoms with Crippen molar-refractivity contribution in [1.29, 1.82) is 0 Å². The van der Waals surface area contributed by atoms with E-state index in [2.05, 4.69) is 10.6 Å². The summed E-state index contributed by atoms with van der Waals surface area (Å²) in [5.41, 5.74) is 0.537. The summed E-state index contributed by atoms with van der Waals surface area (Å²) in [5.74, 6) is -1.14. The first-order valence-corrected chi connectivity index (χ1v) is 8.40. The molecule has 1 aliphatic heterocycles. The third-order valence-corrected chi connectivity index (χ3v) is 4.34. The molecule has 0 radical (unpaired) electrons. The third-order valence-electron chi connectivity index (χ3n) is 4.34. The summed E-state index contributed by atoms with van der Waals surface area (Å²) in [7, 11) is 0. The predicted molar refractivity (Wildman–Crippen MR) is 93.9 cm³/mol. The number of hydrogen-bond acceptors (Lipinski definition) is 2. The molecule has 2 aromatic carbocycles. The summed E-state index contributed by atoms with van der Waals surface area (Å²) in [4.78, 5) is 26.0. The van der Waals surface area contributed by atoms with Crippen molar-refractivity contribution < 1.29 is 18.4 Å². The highest BCUT2D eigenvalue weighted by atomic mass is 19.1. The summed E-state index contributed by atoms with van der Waals surface area (Å²) in [6.45, 7) is 0.906. The molecule has 1 heterocycles. The minimum atomic E-state index is -0.484. The molecule has 1 saturated heterocycles. The molecular formula is C19H19F2N3O2. The highest BCUT2D eigenvalue weighted by Crippen LogP contribution is 2.16. The molecule has 0 unspecified atom stereocenters. The van der Waals surface area contributed by atoms with Gasteiger partial charge in [-0.2, -0.15) is 0 Å². The number of carbonyl (C=O) groups excluding carboxylic acids is 2. The van der Waals surface area contributed by atoms with Crippen LogP contribution in [0.4, 0.5) is 19.3 Å². The molecule has 5 nitrogen and oxygen atoms in total. The topological polar surface area (TPSA) is 61.4 Å². The van der Waals surface area contributed by atoms with Gasteiger partial charge < -0.3 is 15.5 Å². The Hall–Kier alpha value is -2.96. The summed E-state index contributed by atoms with van der Waals surface area (Å²) >= 11 is 0. The number of likely N-dealkylation sites (tertiary alicyclic amines) is 1. The van der Waals surface area contributed by atoms with E-state index in [1.165, 1.54) is 36.4 Å². The van der Waals surface area contributed by atoms with Gasteiger partial charge in [0.15, 0.2) is 0 Å². The fraction of sp³-hybridized carbons (Fsp3) is 0.263. The summed E-state index contributed by atoms with van der Waals surface area (Å²) < 4.78 is 26.5. The van der Waals surface area contributed by atoms with Crippen LogP contribution in [0.1, 0.15) is 23.2 Å². The Kier molecular flexibility index (Phi) is 5.46. The van der Waals surface area contributed by atoms with Gasteiger partial charge in [-0.1, -0.05) is 12.1 Å². The Morgan fingerprint density at radius 2 is 1.62 bits per heavy atom. The maximum absolute atomic E-state index is 13.6. The lowest BCUT2D eigenvalue weighted by Crippen LogP contribution is -2.47. The van der Waals surface area contributed by atoms with Gasteiger partial charge in [0.05, 0.1) is 5.69 Å². The van der Waals surface area contributed by atoms with E-state index in [1.807, 2.05) is 0 Å². The number of anilines is 1. The number of benzene rings is 2. The molecule has 2 N–H and O–H groups in total. The van der Waals surface area contributed by atoms with Gasteiger partial charge in [-0.3, -0.25) is 4.79 Å². The number of rotatable bonds is 3. The van der Waals surface area contributed by atoms with Crippen LogP contribution in [-0.2, 0) is 0 Å². The Labute approximate surface area is 150 Å². The molecule has 0 saturated carbocycles. The first kappa shape index (κ1) is 17.8. The molecule has 0 aliphatic carbocycles. The van der Waals surface area contributed by atoms with Gasteiger partial charge in [-0.05, 0) is 49.2 Å². The van der Waals surface area contributed by atoms with E-state index in [1.54, 1.807) is 17.0 Å². The maximum atomic E-state index is 13.6. The van der Waals surface area contributed by atoms with Crippen molar-refractivity contribution >= 4 is 17.6 Å². The largest absolute Gasteiger partial charge is 0.349 e. The minimum Gasteiger partial charge on any atom is -0.349 e. The number of nitrogens with zero attached hydrogens (tertiary/aromatic N) is 1. The summed E-state index contributed by atoms with van der Waals surface area (Å²) in [6, 6.07) is 10.9. The van der Waals surface area contributed by atoms with E-state index in [4.69, 9.17) is 0 Å². The van der Waals surface area contributed by atoms with E-state index in [-0.39, 0.29) is 23.7 Å². The molecule has 1 fully saturated rings. The quantitative estimate of drug-likeness (QED) is 0.882. The normalized spacial score (nSPS) is 14.8. The summed E-state index contributed by atoms with van der Waals surface area (Å²) in [5, 5.41) is 5.45. The predicted octanol–water partition coefficient (Wildman–Crippen LogP) is 3.39. The van der Waals surface area contributed by atoms with E-state index < -0.39 is 11.6 Å². The van der Waals surface area contributed by atoms with Crippen LogP contribution in [-0.4, -0.2) is 36.0 Å². The van der Waals surface area contributed by atoms with Gasteiger partial charge in [-0.25, -0.2) is 13.6 Å². The van der Waals surface area contributed by atoms with Crippen LogP contribution in [0, 0.1) is 11.6 Å². The van der Waals surface area contributed by atoms with Crippen molar-refractivity contribution in [3.05, 3.63) is 65.7 Å². The van der Waals surface area contributed by atoms with E-state index in [9.17, 15) is 18.4 Å². The van der Waals surface area contributed by atoms with Crippen molar-refractivity contribution in [2.24, 2.45) is 0 Å². The van der Waals surface area contributed by atoms with Crippen LogP contribution in [0.15, 0.2) is 48.5 Å². The lowest BCUT2D eigenvalue weighted by Gasteiger charge is -2.32. The molecule has 2 aromatic rings. The van der Waals surface area contributed by atoms with Gasteiger partial charge in [0.25, 0.3) is 5.91 Å². The molecule has 7 heteroatoms. The number of hydrogen-bond donors (Lipinski definition) is 2. The molecule has 1 aliphatic rings. The second-order valence-electron chi connectivity index (χ2n) is 6.15. The van der Waals surface area contributed by atoms with E-state index in [0.717, 1.165) is 0 Å². The average Bonchev–Trinajstić information content (AvgIpc) is 2.64.